The SMILES string of the molecule is c1cc(-c2ccc(N(c3ccccc3-c3cccc4c3oc3cc5ccccc5cc34)c3cccc4c3oc3ccccc34)cc2)cc(-c2ccc3ccccc3c2)c1. The first-order chi connectivity index (χ1) is 29.2. The Hall–Kier alpha value is -7.88. The summed E-state index contributed by atoms with van der Waals surface area (Å²) in [6.07, 6.45) is 0. The van der Waals surface area contributed by atoms with Gasteiger partial charge in [0.25, 0.3) is 0 Å². The molecule has 3 heteroatoms. The number of hydrogen-bond acceptors (Lipinski definition) is 3. The van der Waals surface area contributed by atoms with Crippen LogP contribution in [0.15, 0.2) is 221 Å². The van der Waals surface area contributed by atoms with Gasteiger partial charge in [0.15, 0.2) is 5.58 Å². The molecular weight excluding hydrogens is 719 g/mol. The monoisotopic (exact) mass is 753 g/mol. The number of hydrogen-bond donors (Lipinski definition) is 0. The van der Waals surface area contributed by atoms with Crippen molar-refractivity contribution in [3.8, 4) is 33.4 Å². The second kappa shape index (κ2) is 13.4. The third-order valence-electron chi connectivity index (χ3n) is 11.8. The summed E-state index contributed by atoms with van der Waals surface area (Å²) >= 11 is 0. The minimum atomic E-state index is 0.837. The van der Waals surface area contributed by atoms with Gasteiger partial charge in [0.2, 0.25) is 0 Å². The molecule has 0 unspecified atom stereocenters. The standard InChI is InChI=1S/C56H35NO2/c1-2-13-38-33-43(27-26-36(38)12-1)40-17-9-16-39(32-40)37-28-30-44(31-29-37)57(52-24-11-22-48-46-19-6-8-25-53(46)58-56(48)52)51-23-7-5-18-45(51)47-20-10-21-49-50-34-41-14-3-4-15-42(41)35-54(50)59-55(47)49/h1-35H. The van der Waals surface area contributed by atoms with Crippen LogP contribution < -0.4 is 4.90 Å². The predicted molar refractivity (Wildman–Crippen MR) is 247 cm³/mol. The van der Waals surface area contributed by atoms with E-state index in [1.54, 1.807) is 0 Å². The first kappa shape index (κ1) is 33.3. The van der Waals surface area contributed by atoms with E-state index < -0.39 is 0 Å². The Morgan fingerprint density at radius 2 is 0.847 bits per heavy atom. The molecule has 0 bridgehead atoms. The van der Waals surface area contributed by atoms with E-state index in [0.29, 0.717) is 0 Å². The summed E-state index contributed by atoms with van der Waals surface area (Å²) in [4.78, 5) is 2.34. The molecular formula is C56H35NO2. The first-order valence-electron chi connectivity index (χ1n) is 20.1. The van der Waals surface area contributed by atoms with Crippen LogP contribution in [0.1, 0.15) is 0 Å². The second-order valence-electron chi connectivity index (χ2n) is 15.3. The average molecular weight is 754 g/mol. The molecule has 0 saturated carbocycles. The molecule has 0 N–H and O–H groups in total. The van der Waals surface area contributed by atoms with Crippen LogP contribution in [0.4, 0.5) is 17.1 Å². The van der Waals surface area contributed by atoms with Crippen molar-refractivity contribution < 1.29 is 8.83 Å². The zero-order valence-corrected chi connectivity index (χ0v) is 32.0. The number of furan rings is 2. The summed E-state index contributed by atoms with van der Waals surface area (Å²) in [7, 11) is 0. The fourth-order valence-corrected chi connectivity index (χ4v) is 8.96. The second-order valence-corrected chi connectivity index (χ2v) is 15.3. The van der Waals surface area contributed by atoms with E-state index in [1.165, 1.54) is 27.3 Å². The van der Waals surface area contributed by atoms with Crippen LogP contribution >= 0.6 is 0 Å². The minimum Gasteiger partial charge on any atom is -0.455 e. The minimum absolute atomic E-state index is 0.837. The highest BCUT2D eigenvalue weighted by molar-refractivity contribution is 6.15. The molecule has 0 fully saturated rings. The molecule has 0 atom stereocenters. The molecule has 2 aromatic heterocycles. The van der Waals surface area contributed by atoms with Gasteiger partial charge in [-0.25, -0.2) is 0 Å². The van der Waals surface area contributed by atoms with E-state index >= 15 is 0 Å². The van der Waals surface area contributed by atoms with E-state index in [9.17, 15) is 0 Å². The lowest BCUT2D eigenvalue weighted by atomic mass is 9.96. The van der Waals surface area contributed by atoms with Crippen molar-refractivity contribution >= 4 is 82.5 Å². The first-order valence-corrected chi connectivity index (χ1v) is 20.1. The molecule has 0 amide bonds. The zero-order valence-electron chi connectivity index (χ0n) is 32.0. The summed E-state index contributed by atoms with van der Waals surface area (Å²) in [5.41, 5.74) is 13.2. The van der Waals surface area contributed by atoms with Gasteiger partial charge in [-0.2, -0.15) is 0 Å². The highest BCUT2D eigenvalue weighted by atomic mass is 16.3. The largest absolute Gasteiger partial charge is 0.455 e. The Morgan fingerprint density at radius 3 is 1.69 bits per heavy atom. The molecule has 3 nitrogen and oxygen atoms in total. The van der Waals surface area contributed by atoms with Crippen LogP contribution in [-0.2, 0) is 0 Å². The molecule has 10 aromatic carbocycles. The summed E-state index contributed by atoms with van der Waals surface area (Å²) in [6, 6.07) is 75.7. The molecule has 0 aliphatic carbocycles. The topological polar surface area (TPSA) is 29.5 Å². The fraction of sp³-hybridized carbons (Fsp3) is 0. The highest BCUT2D eigenvalue weighted by Crippen LogP contribution is 2.47. The van der Waals surface area contributed by atoms with Crippen LogP contribution in [0.3, 0.4) is 0 Å². The van der Waals surface area contributed by atoms with Crippen molar-refractivity contribution in [3.05, 3.63) is 212 Å². The van der Waals surface area contributed by atoms with E-state index in [0.717, 1.165) is 88.6 Å². The number of benzene rings is 10. The normalized spacial score (nSPS) is 11.7. The molecule has 12 rings (SSSR count). The summed E-state index contributed by atoms with van der Waals surface area (Å²) in [6.45, 7) is 0. The molecule has 0 spiro atoms. The van der Waals surface area contributed by atoms with Gasteiger partial charge >= 0.3 is 0 Å². The number of nitrogens with zero attached hydrogens (tertiary/aromatic N) is 1. The van der Waals surface area contributed by atoms with E-state index in [1.807, 2.05) is 12.1 Å². The molecule has 59 heavy (non-hydrogen) atoms. The van der Waals surface area contributed by atoms with Crippen molar-refractivity contribution in [2.45, 2.75) is 0 Å². The van der Waals surface area contributed by atoms with Crippen LogP contribution in [0.25, 0.3) is 98.8 Å². The molecule has 12 aromatic rings. The van der Waals surface area contributed by atoms with Crippen LogP contribution in [0, 0.1) is 0 Å². The Bertz CT molecular complexity index is 3570. The lowest BCUT2D eigenvalue weighted by molar-refractivity contribution is 0.669. The van der Waals surface area contributed by atoms with E-state index in [4.69, 9.17) is 8.83 Å². The highest BCUT2D eigenvalue weighted by Gasteiger charge is 2.24. The third-order valence-corrected chi connectivity index (χ3v) is 11.8. The maximum absolute atomic E-state index is 6.79. The van der Waals surface area contributed by atoms with Gasteiger partial charge in [-0.1, -0.05) is 158 Å². The lowest BCUT2D eigenvalue weighted by Gasteiger charge is -2.28. The zero-order chi connectivity index (χ0) is 38.9. The summed E-state index contributed by atoms with van der Waals surface area (Å²) in [5, 5.41) is 9.23. The number of para-hydroxylation sites is 4. The van der Waals surface area contributed by atoms with Crippen LogP contribution in [0.2, 0.25) is 0 Å². The molecule has 0 saturated heterocycles. The van der Waals surface area contributed by atoms with Crippen molar-refractivity contribution in [3.63, 3.8) is 0 Å². The smallest absolute Gasteiger partial charge is 0.159 e. The van der Waals surface area contributed by atoms with Crippen LogP contribution in [0.5, 0.6) is 0 Å². The summed E-state index contributed by atoms with van der Waals surface area (Å²) < 4.78 is 13.5. The number of fused-ring (bicyclic) bond motifs is 8. The maximum atomic E-state index is 6.79. The molecule has 0 aliphatic rings. The third kappa shape index (κ3) is 5.51. The quantitative estimate of drug-likeness (QED) is 0.169. The Labute approximate surface area is 340 Å². The van der Waals surface area contributed by atoms with Gasteiger partial charge < -0.3 is 13.7 Å². The Kier molecular flexibility index (Phi) is 7.54. The molecule has 276 valence electrons. The molecule has 0 aliphatic heterocycles. The fourth-order valence-electron chi connectivity index (χ4n) is 8.96. The van der Waals surface area contributed by atoms with Gasteiger partial charge in [0.1, 0.15) is 16.7 Å². The van der Waals surface area contributed by atoms with Gasteiger partial charge in [-0.3, -0.25) is 0 Å². The van der Waals surface area contributed by atoms with Crippen molar-refractivity contribution in [1.29, 1.82) is 0 Å². The lowest BCUT2D eigenvalue weighted by Crippen LogP contribution is -2.11. The number of rotatable bonds is 6. The maximum Gasteiger partial charge on any atom is 0.159 e. The molecule has 0 radical (unpaired) electrons. The summed E-state index contributed by atoms with van der Waals surface area (Å²) in [5.74, 6) is 0. The van der Waals surface area contributed by atoms with Gasteiger partial charge in [-0.15, -0.1) is 0 Å². The Balaban J connectivity index is 1.02. The average Bonchev–Trinajstić information content (AvgIpc) is 3.87. The van der Waals surface area contributed by atoms with Crippen LogP contribution in [-0.4, -0.2) is 0 Å². The van der Waals surface area contributed by atoms with Gasteiger partial charge in [0, 0.05) is 38.4 Å². The van der Waals surface area contributed by atoms with E-state index in [2.05, 4.69) is 205 Å². The Morgan fingerprint density at radius 1 is 0.288 bits per heavy atom. The van der Waals surface area contributed by atoms with Crippen molar-refractivity contribution in [2.24, 2.45) is 0 Å². The van der Waals surface area contributed by atoms with Crippen molar-refractivity contribution in [2.75, 3.05) is 4.90 Å². The number of anilines is 3. The van der Waals surface area contributed by atoms with Gasteiger partial charge in [0.05, 0.1) is 11.4 Å². The van der Waals surface area contributed by atoms with Crippen molar-refractivity contribution in [1.82, 2.24) is 0 Å². The van der Waals surface area contributed by atoms with Gasteiger partial charge in [-0.05, 0) is 98.4 Å². The van der Waals surface area contributed by atoms with E-state index in [-0.39, 0.29) is 0 Å². The predicted octanol–water partition coefficient (Wildman–Crippen LogP) is 16.3. The molecule has 2 heterocycles.